The summed E-state index contributed by atoms with van der Waals surface area (Å²) in [6, 6.07) is 10.4. The highest BCUT2D eigenvalue weighted by Crippen LogP contribution is 2.32. The molecular weight excluding hydrogens is 194 g/mol. The molecule has 0 aromatic heterocycles. The smallest absolute Gasteiger partial charge is 0.0511 e. The second-order valence-corrected chi connectivity index (χ2v) is 4.23. The Labute approximate surface area is 97.4 Å². The van der Waals surface area contributed by atoms with Crippen molar-refractivity contribution in [3.8, 4) is 0 Å². The van der Waals surface area contributed by atoms with E-state index in [-0.39, 0.29) is 0 Å². The highest BCUT2D eigenvalue weighted by atomic mass is 15.1. The standard InChI is InChI=1S/C15H17N/c1-11-10-12(2)15(16(4)13(11)3)14-8-6-5-7-9-14/h5-10H,3H2,1-2,4H3. The fourth-order valence-corrected chi connectivity index (χ4v) is 2.16. The summed E-state index contributed by atoms with van der Waals surface area (Å²) in [4.78, 5) is 2.17. The number of hydrogen-bond donors (Lipinski definition) is 0. The maximum absolute atomic E-state index is 4.11. The first-order valence-corrected chi connectivity index (χ1v) is 5.49. The van der Waals surface area contributed by atoms with E-state index >= 15 is 0 Å². The van der Waals surface area contributed by atoms with Crippen LogP contribution in [0.3, 0.4) is 0 Å². The third kappa shape index (κ3) is 1.69. The second kappa shape index (κ2) is 4.01. The maximum Gasteiger partial charge on any atom is 0.0511 e. The fourth-order valence-electron chi connectivity index (χ4n) is 2.16. The molecule has 0 aliphatic carbocycles. The molecule has 0 saturated heterocycles. The van der Waals surface area contributed by atoms with E-state index in [4.69, 9.17) is 0 Å². The molecule has 1 aromatic carbocycles. The van der Waals surface area contributed by atoms with Gasteiger partial charge in [-0.25, -0.2) is 0 Å². The summed E-state index contributed by atoms with van der Waals surface area (Å²) in [5.41, 5.74) is 6.09. The summed E-state index contributed by atoms with van der Waals surface area (Å²) in [7, 11) is 2.07. The van der Waals surface area contributed by atoms with Crippen LogP contribution in [0.25, 0.3) is 5.70 Å². The first-order chi connectivity index (χ1) is 7.61. The Bertz CT molecular complexity index is 477. The van der Waals surface area contributed by atoms with Crippen molar-refractivity contribution in [1.82, 2.24) is 4.90 Å². The van der Waals surface area contributed by atoms with E-state index in [1.165, 1.54) is 22.4 Å². The van der Waals surface area contributed by atoms with Gasteiger partial charge < -0.3 is 4.90 Å². The van der Waals surface area contributed by atoms with Gasteiger partial charge in [-0.1, -0.05) is 43.0 Å². The SMILES string of the molecule is C=C1C(C)=CC(C)=C(c2ccccc2)N1C. The topological polar surface area (TPSA) is 3.24 Å². The Morgan fingerprint density at radius 2 is 1.69 bits per heavy atom. The van der Waals surface area contributed by atoms with Crippen molar-refractivity contribution < 1.29 is 0 Å². The molecule has 1 aromatic rings. The highest BCUT2D eigenvalue weighted by molar-refractivity contribution is 5.73. The summed E-state index contributed by atoms with van der Waals surface area (Å²) in [6.45, 7) is 8.36. The largest absolute Gasteiger partial charge is 0.344 e. The summed E-state index contributed by atoms with van der Waals surface area (Å²) in [5.74, 6) is 0. The van der Waals surface area contributed by atoms with Crippen molar-refractivity contribution in [2.24, 2.45) is 0 Å². The first-order valence-electron chi connectivity index (χ1n) is 5.49. The number of benzene rings is 1. The minimum atomic E-state index is 1.07. The Balaban J connectivity index is 2.55. The second-order valence-electron chi connectivity index (χ2n) is 4.23. The van der Waals surface area contributed by atoms with E-state index in [2.05, 4.69) is 62.7 Å². The van der Waals surface area contributed by atoms with Crippen molar-refractivity contribution in [1.29, 1.82) is 0 Å². The van der Waals surface area contributed by atoms with Crippen LogP contribution in [0.5, 0.6) is 0 Å². The van der Waals surface area contributed by atoms with Crippen molar-refractivity contribution >= 4 is 5.70 Å². The van der Waals surface area contributed by atoms with Crippen molar-refractivity contribution in [3.05, 3.63) is 65.4 Å². The molecule has 0 unspecified atom stereocenters. The van der Waals surface area contributed by atoms with Crippen LogP contribution in [0.15, 0.2) is 59.8 Å². The van der Waals surface area contributed by atoms with Crippen LogP contribution in [0.1, 0.15) is 19.4 Å². The average Bonchev–Trinajstić information content (AvgIpc) is 2.28. The van der Waals surface area contributed by atoms with Crippen LogP contribution in [-0.4, -0.2) is 11.9 Å². The number of nitrogens with zero attached hydrogens (tertiary/aromatic N) is 1. The van der Waals surface area contributed by atoms with Gasteiger partial charge in [0, 0.05) is 12.7 Å². The van der Waals surface area contributed by atoms with Crippen molar-refractivity contribution in [3.63, 3.8) is 0 Å². The quantitative estimate of drug-likeness (QED) is 0.682. The summed E-state index contributed by atoms with van der Waals surface area (Å²) in [5, 5.41) is 0. The monoisotopic (exact) mass is 211 g/mol. The molecule has 82 valence electrons. The Morgan fingerprint density at radius 3 is 2.31 bits per heavy atom. The molecule has 1 heteroatoms. The van der Waals surface area contributed by atoms with Gasteiger partial charge in [-0.15, -0.1) is 0 Å². The van der Waals surface area contributed by atoms with Gasteiger partial charge in [0.05, 0.1) is 5.70 Å². The first kappa shape index (κ1) is 10.7. The highest BCUT2D eigenvalue weighted by Gasteiger charge is 2.17. The fraction of sp³-hybridized carbons (Fsp3) is 0.200. The van der Waals surface area contributed by atoms with E-state index in [9.17, 15) is 0 Å². The van der Waals surface area contributed by atoms with Gasteiger partial charge in [-0.2, -0.15) is 0 Å². The van der Waals surface area contributed by atoms with Crippen molar-refractivity contribution in [2.45, 2.75) is 13.8 Å². The van der Waals surface area contributed by atoms with E-state index in [0.717, 1.165) is 5.70 Å². The maximum atomic E-state index is 4.11. The Morgan fingerprint density at radius 1 is 1.06 bits per heavy atom. The Hall–Kier alpha value is -1.76. The van der Waals surface area contributed by atoms with Crippen LogP contribution in [0.4, 0.5) is 0 Å². The van der Waals surface area contributed by atoms with E-state index < -0.39 is 0 Å². The zero-order valence-corrected chi connectivity index (χ0v) is 10.1. The van der Waals surface area contributed by atoms with Gasteiger partial charge in [-0.3, -0.25) is 0 Å². The summed E-state index contributed by atoms with van der Waals surface area (Å²) in [6.07, 6.45) is 2.20. The molecule has 1 heterocycles. The number of hydrogen-bond acceptors (Lipinski definition) is 1. The van der Waals surface area contributed by atoms with Crippen LogP contribution in [0, 0.1) is 0 Å². The lowest BCUT2D eigenvalue weighted by Gasteiger charge is -2.30. The minimum Gasteiger partial charge on any atom is -0.344 e. The predicted octanol–water partition coefficient (Wildman–Crippen LogP) is 3.82. The molecule has 0 bridgehead atoms. The van der Waals surface area contributed by atoms with Gasteiger partial charge in [-0.05, 0) is 30.6 Å². The molecule has 0 fully saturated rings. The average molecular weight is 211 g/mol. The number of likely N-dealkylation sites (N-methyl/N-ethyl adjacent to an activating group) is 1. The predicted molar refractivity (Wildman–Crippen MR) is 69.7 cm³/mol. The molecule has 16 heavy (non-hydrogen) atoms. The zero-order chi connectivity index (χ0) is 11.7. The molecule has 0 atom stereocenters. The lowest BCUT2D eigenvalue weighted by molar-refractivity contribution is 0.598. The van der Waals surface area contributed by atoms with Gasteiger partial charge >= 0.3 is 0 Å². The Kier molecular flexibility index (Phi) is 2.69. The lowest BCUT2D eigenvalue weighted by atomic mass is 9.98. The van der Waals surface area contributed by atoms with E-state index in [0.29, 0.717) is 0 Å². The molecule has 0 saturated carbocycles. The molecule has 1 aliphatic rings. The van der Waals surface area contributed by atoms with Crippen LogP contribution >= 0.6 is 0 Å². The van der Waals surface area contributed by atoms with E-state index in [1.54, 1.807) is 0 Å². The molecule has 1 aliphatic heterocycles. The number of allylic oxidation sites excluding steroid dienone is 3. The lowest BCUT2D eigenvalue weighted by Crippen LogP contribution is -2.20. The summed E-state index contributed by atoms with van der Waals surface area (Å²) < 4.78 is 0. The van der Waals surface area contributed by atoms with Gasteiger partial charge in [0.1, 0.15) is 0 Å². The van der Waals surface area contributed by atoms with Gasteiger partial charge in [0.2, 0.25) is 0 Å². The van der Waals surface area contributed by atoms with Gasteiger partial charge in [0.15, 0.2) is 0 Å². The molecule has 0 N–H and O–H groups in total. The third-order valence-electron chi connectivity index (χ3n) is 3.05. The third-order valence-corrected chi connectivity index (χ3v) is 3.05. The normalized spacial score (nSPS) is 16.6. The van der Waals surface area contributed by atoms with Crippen molar-refractivity contribution in [2.75, 3.05) is 7.05 Å². The minimum absolute atomic E-state index is 1.07. The van der Waals surface area contributed by atoms with Gasteiger partial charge in [0.25, 0.3) is 0 Å². The molecular formula is C15H17N. The number of rotatable bonds is 1. The molecule has 1 nitrogen and oxygen atoms in total. The summed E-state index contributed by atoms with van der Waals surface area (Å²) >= 11 is 0. The molecule has 0 radical (unpaired) electrons. The van der Waals surface area contributed by atoms with E-state index in [1.807, 2.05) is 6.07 Å². The van der Waals surface area contributed by atoms with Crippen LogP contribution < -0.4 is 0 Å². The molecule has 2 rings (SSSR count). The molecule has 0 spiro atoms. The molecule has 0 amide bonds. The van der Waals surface area contributed by atoms with Crippen LogP contribution in [0.2, 0.25) is 0 Å². The zero-order valence-electron chi connectivity index (χ0n) is 10.1. The van der Waals surface area contributed by atoms with Crippen LogP contribution in [-0.2, 0) is 0 Å².